The van der Waals surface area contributed by atoms with E-state index in [1.165, 1.54) is 0 Å². The molecule has 0 aliphatic rings. The van der Waals surface area contributed by atoms with E-state index in [1.807, 2.05) is 0 Å². The molecule has 0 saturated carbocycles. The van der Waals surface area contributed by atoms with Crippen LogP contribution in [0.3, 0.4) is 0 Å². The van der Waals surface area contributed by atoms with Crippen molar-refractivity contribution in [2.24, 2.45) is 0 Å². The van der Waals surface area contributed by atoms with E-state index >= 15 is 0 Å². The molecule has 0 heterocycles. The average Bonchev–Trinajstić information content (AvgIpc) is 2.22. The molecule has 114 valence electrons. The van der Waals surface area contributed by atoms with Crippen LogP contribution in [0, 0.1) is 0 Å². The number of hydrogen-bond acceptors (Lipinski definition) is 10. The van der Waals surface area contributed by atoms with E-state index in [1.54, 1.807) is 0 Å². The van der Waals surface area contributed by atoms with Crippen molar-refractivity contribution in [3.8, 4) is 0 Å². The Bertz CT molecular complexity index is 327. The molecule has 0 spiro atoms. The van der Waals surface area contributed by atoms with Gasteiger partial charge in [0, 0.05) is 39.3 Å². The third kappa shape index (κ3) is 15.9. The molecule has 22 heavy (non-hydrogen) atoms. The zero-order valence-electron chi connectivity index (χ0n) is 12.1. The van der Waals surface area contributed by atoms with Crippen LogP contribution in [-0.4, -0.2) is 96.0 Å². The maximum atomic E-state index is 10.4. The molecule has 0 fully saturated rings. The summed E-state index contributed by atoms with van der Waals surface area (Å²) in [7, 11) is 0. The van der Waals surface area contributed by atoms with Crippen LogP contribution in [0.15, 0.2) is 0 Å². The van der Waals surface area contributed by atoms with Gasteiger partial charge in [-0.05, 0) is 0 Å². The minimum absolute atomic E-state index is 0. The van der Waals surface area contributed by atoms with Crippen molar-refractivity contribution in [1.82, 2.24) is 9.80 Å². The molecule has 0 atom stereocenters. The molecule has 0 unspecified atom stereocenters. The Morgan fingerprint density at radius 2 is 0.773 bits per heavy atom. The van der Waals surface area contributed by atoms with Gasteiger partial charge in [0.25, 0.3) is 0 Å². The van der Waals surface area contributed by atoms with Gasteiger partial charge >= 0.3 is 52.6 Å². The predicted molar refractivity (Wildman–Crippen MR) is 58.7 cm³/mol. The fourth-order valence-corrected chi connectivity index (χ4v) is 1.44. The van der Waals surface area contributed by atoms with Gasteiger partial charge in [-0.15, -0.1) is 0 Å². The van der Waals surface area contributed by atoms with Gasteiger partial charge in [-0.2, -0.15) is 0 Å². The summed E-state index contributed by atoms with van der Waals surface area (Å²) in [6.45, 7) is -3.25. The summed E-state index contributed by atoms with van der Waals surface area (Å²) in [6.07, 6.45) is 0. The van der Waals surface area contributed by atoms with E-state index in [2.05, 4.69) is 0 Å². The van der Waals surface area contributed by atoms with Gasteiger partial charge < -0.3 is 39.6 Å². The van der Waals surface area contributed by atoms with Crippen molar-refractivity contribution in [2.75, 3.05) is 39.3 Å². The Labute approximate surface area is 164 Å². The van der Waals surface area contributed by atoms with Crippen LogP contribution in [-0.2, 0) is 19.2 Å². The molecule has 0 saturated heterocycles. The standard InChI is InChI=1S/C10H16N2O8.Mg.Na/c13-7(14)3-11(4-8(15)16)1-2-12(5-9(17)18)6-10(19)20;;/h1-6H2,(H,13,14)(H,15,16)(H,17,18)(H,19,20);;/q;+2;+1/p-4. The first-order valence-electron chi connectivity index (χ1n) is 5.44. The second-order valence-corrected chi connectivity index (χ2v) is 3.91. The Balaban J connectivity index is -0.00000180. The number of nitrogens with zero attached hydrogens (tertiary/aromatic N) is 2. The van der Waals surface area contributed by atoms with E-state index in [0.717, 1.165) is 9.80 Å². The summed E-state index contributed by atoms with van der Waals surface area (Å²) >= 11 is 0. The average molecular weight is 336 g/mol. The van der Waals surface area contributed by atoms with Crippen LogP contribution < -0.4 is 50.0 Å². The first-order chi connectivity index (χ1) is 9.20. The molecule has 0 amide bonds. The maximum Gasteiger partial charge on any atom is 2.00 e. The molecule has 0 N–H and O–H groups in total. The number of carbonyl (C=O) groups excluding carboxylic acids is 4. The van der Waals surface area contributed by atoms with Gasteiger partial charge in [0.2, 0.25) is 0 Å². The van der Waals surface area contributed by atoms with Gasteiger partial charge in [-0.25, -0.2) is 0 Å². The van der Waals surface area contributed by atoms with E-state index in [-0.39, 0.29) is 65.7 Å². The second-order valence-electron chi connectivity index (χ2n) is 3.91. The first-order valence-corrected chi connectivity index (χ1v) is 5.44. The number of carbonyl (C=O) groups is 4. The van der Waals surface area contributed by atoms with Crippen LogP contribution in [0.5, 0.6) is 0 Å². The molecule has 10 nitrogen and oxygen atoms in total. The Kier molecular flexibility index (Phi) is 17.1. The number of rotatable bonds is 11. The molecule has 12 heteroatoms. The van der Waals surface area contributed by atoms with Crippen molar-refractivity contribution in [3.05, 3.63) is 0 Å². The molecular formula is C10H12MgN2NaO8-. The topological polar surface area (TPSA) is 167 Å². The van der Waals surface area contributed by atoms with Crippen molar-refractivity contribution < 1.29 is 69.2 Å². The summed E-state index contributed by atoms with van der Waals surface area (Å²) < 4.78 is 0. The molecule has 0 aliphatic heterocycles. The molecule has 0 aromatic carbocycles. The largest absolute Gasteiger partial charge is 2.00 e. The Morgan fingerprint density at radius 1 is 0.591 bits per heavy atom. The summed E-state index contributed by atoms with van der Waals surface area (Å²) in [5.41, 5.74) is 0. The molecule has 0 rings (SSSR count). The number of aliphatic carboxylic acids is 4. The minimum Gasteiger partial charge on any atom is -0.549 e. The van der Waals surface area contributed by atoms with E-state index < -0.39 is 50.1 Å². The van der Waals surface area contributed by atoms with Crippen LogP contribution in [0.4, 0.5) is 0 Å². The number of hydrogen-bond donors (Lipinski definition) is 0. The maximum absolute atomic E-state index is 10.4. The third-order valence-corrected chi connectivity index (χ3v) is 2.14. The predicted octanol–water partition coefficient (Wildman–Crippen LogP) is -10.8. The van der Waals surface area contributed by atoms with Gasteiger partial charge in [0.05, 0.1) is 23.9 Å². The normalized spacial score (nSPS) is 9.73. The fourth-order valence-electron chi connectivity index (χ4n) is 1.44. The van der Waals surface area contributed by atoms with Crippen LogP contribution in [0.25, 0.3) is 0 Å². The van der Waals surface area contributed by atoms with Gasteiger partial charge in [-0.1, -0.05) is 0 Å². The van der Waals surface area contributed by atoms with Gasteiger partial charge in [-0.3, -0.25) is 9.80 Å². The van der Waals surface area contributed by atoms with Crippen molar-refractivity contribution in [2.45, 2.75) is 0 Å². The van der Waals surface area contributed by atoms with E-state index in [0.29, 0.717) is 0 Å². The van der Waals surface area contributed by atoms with Gasteiger partial charge in [0.15, 0.2) is 0 Å². The first kappa shape index (κ1) is 26.5. The van der Waals surface area contributed by atoms with Crippen molar-refractivity contribution in [3.63, 3.8) is 0 Å². The van der Waals surface area contributed by atoms with E-state index in [9.17, 15) is 39.6 Å². The van der Waals surface area contributed by atoms with Crippen molar-refractivity contribution in [1.29, 1.82) is 0 Å². The molecule has 0 aromatic heterocycles. The molecule has 0 aromatic rings. The smallest absolute Gasteiger partial charge is 0.549 e. The SMILES string of the molecule is O=C([O-])CN(CCN(CC(=O)[O-])CC(=O)[O-])CC(=O)[O-].[Mg+2].[Na+]. The monoisotopic (exact) mass is 335 g/mol. The van der Waals surface area contributed by atoms with Crippen molar-refractivity contribution >= 4 is 46.9 Å². The Hall–Kier alpha value is -0.434. The summed E-state index contributed by atoms with van der Waals surface area (Å²) in [5.74, 6) is -6.12. The van der Waals surface area contributed by atoms with Gasteiger partial charge in [0.1, 0.15) is 0 Å². The Morgan fingerprint density at radius 3 is 0.909 bits per heavy atom. The zero-order chi connectivity index (χ0) is 15.7. The molecule has 0 aliphatic carbocycles. The van der Waals surface area contributed by atoms with Crippen LogP contribution >= 0.6 is 0 Å². The summed E-state index contributed by atoms with van der Waals surface area (Å²) in [5, 5.41) is 41.6. The molecular weight excluding hydrogens is 323 g/mol. The van der Waals surface area contributed by atoms with Crippen LogP contribution in [0.1, 0.15) is 0 Å². The number of carboxylic acids is 4. The summed E-state index contributed by atoms with van der Waals surface area (Å²) in [4.78, 5) is 43.4. The van der Waals surface area contributed by atoms with E-state index in [4.69, 9.17) is 0 Å². The fraction of sp³-hybridized carbons (Fsp3) is 0.600. The second kappa shape index (κ2) is 14.2. The molecule has 0 bridgehead atoms. The van der Waals surface area contributed by atoms with Crippen LogP contribution in [0.2, 0.25) is 0 Å². The quantitative estimate of drug-likeness (QED) is 0.330. The summed E-state index contributed by atoms with van der Waals surface area (Å²) in [6, 6.07) is 0. The number of carboxylic acid groups (broad SMARTS) is 4. The third-order valence-electron chi connectivity index (χ3n) is 2.14. The minimum atomic E-state index is -1.53. The molecule has 0 radical (unpaired) electrons. The zero-order valence-corrected chi connectivity index (χ0v) is 15.5.